The van der Waals surface area contributed by atoms with Crippen LogP contribution in [-0.4, -0.2) is 23.7 Å². The summed E-state index contributed by atoms with van der Waals surface area (Å²) in [5, 5.41) is 10.6. The number of nitro groups is 1. The fourth-order valence-corrected chi connectivity index (χ4v) is 4.07. The van der Waals surface area contributed by atoms with Gasteiger partial charge in [-0.25, -0.2) is 8.42 Å². The van der Waals surface area contributed by atoms with Crippen molar-refractivity contribution >= 4 is 27.3 Å². The summed E-state index contributed by atoms with van der Waals surface area (Å²) in [6, 6.07) is 2.19. The highest BCUT2D eigenvalue weighted by Crippen LogP contribution is 2.37. The molecule has 1 aliphatic rings. The van der Waals surface area contributed by atoms with Crippen molar-refractivity contribution in [2.75, 3.05) is 0 Å². The molecule has 98 valence electrons. The van der Waals surface area contributed by atoms with E-state index in [-0.39, 0.29) is 28.2 Å². The summed E-state index contributed by atoms with van der Waals surface area (Å²) in [4.78, 5) is 10.2. The van der Waals surface area contributed by atoms with Crippen LogP contribution in [0.3, 0.4) is 0 Å². The summed E-state index contributed by atoms with van der Waals surface area (Å²) in [7, 11) is -3.58. The van der Waals surface area contributed by atoms with E-state index in [0.29, 0.717) is 5.56 Å². The van der Waals surface area contributed by atoms with Gasteiger partial charge in [0.1, 0.15) is 5.02 Å². The van der Waals surface area contributed by atoms with Crippen molar-refractivity contribution in [2.24, 2.45) is 0 Å². The van der Waals surface area contributed by atoms with Gasteiger partial charge in [0.2, 0.25) is 10.0 Å². The minimum Gasteiger partial charge on any atom is -0.258 e. The van der Waals surface area contributed by atoms with Crippen LogP contribution in [0.25, 0.3) is 0 Å². The Morgan fingerprint density at radius 1 is 1.44 bits per heavy atom. The second-order valence-electron chi connectivity index (χ2n) is 4.31. The van der Waals surface area contributed by atoms with Crippen molar-refractivity contribution in [1.82, 2.24) is 4.31 Å². The van der Waals surface area contributed by atoms with E-state index in [1.165, 1.54) is 10.4 Å². The minimum absolute atomic E-state index is 0.0619. The van der Waals surface area contributed by atoms with Crippen molar-refractivity contribution in [3.63, 3.8) is 0 Å². The molecule has 0 aliphatic carbocycles. The Morgan fingerprint density at radius 3 is 2.56 bits per heavy atom. The Morgan fingerprint density at radius 2 is 2.06 bits per heavy atom. The molecule has 2 rings (SSSR count). The molecule has 0 atom stereocenters. The molecule has 0 spiro atoms. The molecule has 0 saturated heterocycles. The number of halogens is 1. The zero-order chi connectivity index (χ0) is 13.7. The van der Waals surface area contributed by atoms with Gasteiger partial charge in [0.25, 0.3) is 5.69 Å². The number of hydrogen-bond acceptors (Lipinski definition) is 4. The maximum Gasteiger partial charge on any atom is 0.288 e. The second kappa shape index (κ2) is 4.18. The third kappa shape index (κ3) is 1.88. The quantitative estimate of drug-likeness (QED) is 0.617. The normalized spacial score (nSPS) is 18.0. The summed E-state index contributed by atoms with van der Waals surface area (Å²) in [5.41, 5.74) is 0.149. The number of sulfonamides is 1. The van der Waals surface area contributed by atoms with Gasteiger partial charge in [0.05, 0.1) is 9.82 Å². The second-order valence-corrected chi connectivity index (χ2v) is 6.58. The smallest absolute Gasteiger partial charge is 0.258 e. The standard InChI is InChI=1S/C10H11ClN2O4S/c1-6(2)12-5-7-3-9(13(14)15)8(11)4-10(7)18(12,16)17/h3-4,6H,5H2,1-2H3. The van der Waals surface area contributed by atoms with Crippen LogP contribution in [0, 0.1) is 10.1 Å². The van der Waals surface area contributed by atoms with Crippen LogP contribution < -0.4 is 0 Å². The van der Waals surface area contributed by atoms with Crippen LogP contribution >= 0.6 is 11.6 Å². The molecular formula is C10H11ClN2O4S. The summed E-state index contributed by atoms with van der Waals surface area (Å²) >= 11 is 5.73. The Hall–Kier alpha value is -1.18. The monoisotopic (exact) mass is 290 g/mol. The van der Waals surface area contributed by atoms with E-state index < -0.39 is 14.9 Å². The Balaban J connectivity index is 2.63. The van der Waals surface area contributed by atoms with Crippen molar-refractivity contribution in [2.45, 2.75) is 31.3 Å². The van der Waals surface area contributed by atoms with Gasteiger partial charge >= 0.3 is 0 Å². The van der Waals surface area contributed by atoms with Gasteiger partial charge in [-0.3, -0.25) is 10.1 Å². The third-order valence-corrected chi connectivity index (χ3v) is 5.22. The highest BCUT2D eigenvalue weighted by molar-refractivity contribution is 7.89. The predicted octanol–water partition coefficient (Wildman–Crippen LogP) is 2.16. The van der Waals surface area contributed by atoms with Gasteiger partial charge in [-0.15, -0.1) is 0 Å². The van der Waals surface area contributed by atoms with Gasteiger partial charge < -0.3 is 0 Å². The first-order valence-corrected chi connectivity index (χ1v) is 7.05. The topological polar surface area (TPSA) is 80.5 Å². The van der Waals surface area contributed by atoms with E-state index in [1.807, 2.05) is 0 Å². The maximum atomic E-state index is 12.2. The molecule has 6 nitrogen and oxygen atoms in total. The number of nitrogens with zero attached hydrogens (tertiary/aromatic N) is 2. The zero-order valence-electron chi connectivity index (χ0n) is 9.75. The van der Waals surface area contributed by atoms with Crippen LogP contribution in [0.4, 0.5) is 5.69 Å². The number of hydrogen-bond donors (Lipinski definition) is 0. The molecular weight excluding hydrogens is 280 g/mol. The molecule has 0 N–H and O–H groups in total. The summed E-state index contributed by atoms with van der Waals surface area (Å²) < 4.78 is 25.6. The molecule has 8 heteroatoms. The highest BCUT2D eigenvalue weighted by Gasteiger charge is 2.38. The molecule has 0 fully saturated rings. The molecule has 0 aromatic heterocycles. The average molecular weight is 291 g/mol. The van der Waals surface area contributed by atoms with E-state index in [9.17, 15) is 18.5 Å². The van der Waals surface area contributed by atoms with Crippen LogP contribution in [0.5, 0.6) is 0 Å². The van der Waals surface area contributed by atoms with Crippen LogP contribution in [0.1, 0.15) is 19.4 Å². The summed E-state index contributed by atoms with van der Waals surface area (Å²) in [6.45, 7) is 3.65. The highest BCUT2D eigenvalue weighted by atomic mass is 35.5. The van der Waals surface area contributed by atoms with Gasteiger partial charge in [-0.1, -0.05) is 11.6 Å². The van der Waals surface area contributed by atoms with E-state index in [2.05, 4.69) is 0 Å². The fraction of sp³-hybridized carbons (Fsp3) is 0.400. The molecule has 0 amide bonds. The van der Waals surface area contributed by atoms with E-state index in [1.54, 1.807) is 13.8 Å². The molecule has 1 aliphatic heterocycles. The minimum atomic E-state index is -3.58. The van der Waals surface area contributed by atoms with Crippen molar-refractivity contribution < 1.29 is 13.3 Å². The predicted molar refractivity (Wildman–Crippen MR) is 66.0 cm³/mol. The van der Waals surface area contributed by atoms with Gasteiger partial charge in [0.15, 0.2) is 0 Å². The van der Waals surface area contributed by atoms with Gasteiger partial charge in [-0.2, -0.15) is 4.31 Å². The molecule has 1 aromatic carbocycles. The van der Waals surface area contributed by atoms with Crippen LogP contribution in [0.2, 0.25) is 5.02 Å². The lowest BCUT2D eigenvalue weighted by Gasteiger charge is -2.18. The lowest BCUT2D eigenvalue weighted by molar-refractivity contribution is -0.384. The Labute approximate surface area is 109 Å². The number of benzene rings is 1. The molecule has 1 heterocycles. The SMILES string of the molecule is CC(C)N1Cc2cc([N+](=O)[O-])c(Cl)cc2S1(=O)=O. The fourth-order valence-electron chi connectivity index (χ4n) is 1.93. The summed E-state index contributed by atoms with van der Waals surface area (Å²) in [5.74, 6) is 0. The van der Waals surface area contributed by atoms with Crippen molar-refractivity contribution in [3.8, 4) is 0 Å². The summed E-state index contributed by atoms with van der Waals surface area (Å²) in [6.07, 6.45) is 0. The zero-order valence-corrected chi connectivity index (χ0v) is 11.3. The van der Waals surface area contributed by atoms with Crippen LogP contribution in [0.15, 0.2) is 17.0 Å². The van der Waals surface area contributed by atoms with E-state index in [4.69, 9.17) is 11.6 Å². The average Bonchev–Trinajstić information content (AvgIpc) is 2.49. The Bertz CT molecular complexity index is 627. The molecule has 18 heavy (non-hydrogen) atoms. The first-order valence-electron chi connectivity index (χ1n) is 5.24. The first-order chi connectivity index (χ1) is 8.25. The van der Waals surface area contributed by atoms with E-state index in [0.717, 1.165) is 6.07 Å². The van der Waals surface area contributed by atoms with Crippen molar-refractivity contribution in [1.29, 1.82) is 0 Å². The van der Waals surface area contributed by atoms with E-state index >= 15 is 0 Å². The largest absolute Gasteiger partial charge is 0.288 e. The molecule has 0 saturated carbocycles. The number of nitro benzene ring substituents is 1. The molecule has 0 radical (unpaired) electrons. The molecule has 0 bridgehead atoms. The molecule has 0 unspecified atom stereocenters. The van der Waals surface area contributed by atoms with Crippen molar-refractivity contribution in [3.05, 3.63) is 32.8 Å². The molecule has 1 aromatic rings. The number of fused-ring (bicyclic) bond motifs is 1. The number of rotatable bonds is 2. The maximum absolute atomic E-state index is 12.2. The van der Waals surface area contributed by atoms with Crippen LogP contribution in [-0.2, 0) is 16.6 Å². The van der Waals surface area contributed by atoms with Gasteiger partial charge in [-0.05, 0) is 25.5 Å². The van der Waals surface area contributed by atoms with Gasteiger partial charge in [0, 0.05) is 18.7 Å². The Kier molecular flexibility index (Phi) is 3.08. The lowest BCUT2D eigenvalue weighted by atomic mass is 10.2. The third-order valence-electron chi connectivity index (χ3n) is 2.82. The lowest BCUT2D eigenvalue weighted by Crippen LogP contribution is -2.31. The first kappa shape index (κ1) is 13.3.